The standard InChI is InChI=1S/C54H104O6/c1-7-50(6)42-36-30-24-18-13-15-20-26-32-38-44-53(56)59-47-51(60-54(57)45-39-33-27-21-14-12-17-23-29-35-41-49(4)5)46-58-52(55)43-37-31-25-19-11-9-8-10-16-22-28-34-40-48(2)3/h48-51H,7-47H2,1-6H3/t50?,51-/m0/s1. The van der Waals surface area contributed by atoms with Crippen molar-refractivity contribution in [3.05, 3.63) is 0 Å². The molecule has 0 aliphatic heterocycles. The fourth-order valence-electron chi connectivity index (χ4n) is 8.08. The van der Waals surface area contributed by atoms with E-state index in [0.717, 1.165) is 75.5 Å². The van der Waals surface area contributed by atoms with Gasteiger partial charge < -0.3 is 14.2 Å². The molecule has 6 heteroatoms. The summed E-state index contributed by atoms with van der Waals surface area (Å²) in [5, 5.41) is 0. The highest BCUT2D eigenvalue weighted by atomic mass is 16.6. The average Bonchev–Trinajstić information content (AvgIpc) is 3.22. The fourth-order valence-corrected chi connectivity index (χ4v) is 8.08. The van der Waals surface area contributed by atoms with E-state index >= 15 is 0 Å². The van der Waals surface area contributed by atoms with Crippen molar-refractivity contribution in [1.82, 2.24) is 0 Å². The molecule has 0 bridgehead atoms. The Morgan fingerprint density at radius 2 is 0.583 bits per heavy atom. The van der Waals surface area contributed by atoms with E-state index in [2.05, 4.69) is 41.5 Å². The number of carbonyl (C=O) groups excluding carboxylic acids is 3. The minimum absolute atomic E-state index is 0.0646. The van der Waals surface area contributed by atoms with Crippen molar-refractivity contribution in [2.45, 2.75) is 298 Å². The van der Waals surface area contributed by atoms with Gasteiger partial charge in [0, 0.05) is 19.3 Å². The first-order valence-corrected chi connectivity index (χ1v) is 26.6. The highest BCUT2D eigenvalue weighted by Crippen LogP contribution is 2.18. The molecule has 0 aliphatic rings. The van der Waals surface area contributed by atoms with Crippen LogP contribution in [-0.4, -0.2) is 37.2 Å². The summed E-state index contributed by atoms with van der Waals surface area (Å²) in [4.78, 5) is 38.0. The lowest BCUT2D eigenvalue weighted by molar-refractivity contribution is -0.167. The number of hydrogen-bond acceptors (Lipinski definition) is 6. The summed E-state index contributed by atoms with van der Waals surface area (Å²) in [5.41, 5.74) is 0. The SMILES string of the molecule is CCC(C)CCCCCCCCCCCCC(=O)OC[C@H](COC(=O)CCCCCCCCCCCCCCC(C)C)OC(=O)CCCCCCCCCCCCC(C)C. The Kier molecular flexibility index (Phi) is 44.2. The van der Waals surface area contributed by atoms with Crippen LogP contribution in [0.15, 0.2) is 0 Å². The Balaban J connectivity index is 4.33. The lowest BCUT2D eigenvalue weighted by Crippen LogP contribution is -2.30. The third-order valence-corrected chi connectivity index (χ3v) is 12.5. The largest absolute Gasteiger partial charge is 0.462 e. The van der Waals surface area contributed by atoms with Crippen molar-refractivity contribution in [2.75, 3.05) is 13.2 Å². The van der Waals surface area contributed by atoms with Gasteiger partial charge in [-0.05, 0) is 37.0 Å². The predicted molar refractivity (Wildman–Crippen MR) is 256 cm³/mol. The van der Waals surface area contributed by atoms with E-state index in [1.807, 2.05) is 0 Å². The first-order valence-electron chi connectivity index (χ1n) is 26.6. The molecular formula is C54H104O6. The van der Waals surface area contributed by atoms with Crippen molar-refractivity contribution in [1.29, 1.82) is 0 Å². The smallest absolute Gasteiger partial charge is 0.306 e. The van der Waals surface area contributed by atoms with E-state index in [1.54, 1.807) is 0 Å². The number of hydrogen-bond donors (Lipinski definition) is 0. The van der Waals surface area contributed by atoms with Gasteiger partial charge in [-0.1, -0.05) is 253 Å². The van der Waals surface area contributed by atoms with Crippen LogP contribution < -0.4 is 0 Å². The van der Waals surface area contributed by atoms with Gasteiger partial charge in [-0.15, -0.1) is 0 Å². The van der Waals surface area contributed by atoms with Gasteiger partial charge in [-0.2, -0.15) is 0 Å². The minimum Gasteiger partial charge on any atom is -0.462 e. The number of esters is 3. The van der Waals surface area contributed by atoms with Crippen molar-refractivity contribution in [3.8, 4) is 0 Å². The van der Waals surface area contributed by atoms with E-state index < -0.39 is 6.10 Å². The zero-order chi connectivity index (χ0) is 44.2. The van der Waals surface area contributed by atoms with Crippen LogP contribution in [0.25, 0.3) is 0 Å². The maximum atomic E-state index is 12.8. The van der Waals surface area contributed by atoms with Gasteiger partial charge in [0.15, 0.2) is 6.10 Å². The maximum Gasteiger partial charge on any atom is 0.306 e. The van der Waals surface area contributed by atoms with Gasteiger partial charge in [-0.25, -0.2) is 0 Å². The molecule has 0 N–H and O–H groups in total. The van der Waals surface area contributed by atoms with Crippen molar-refractivity contribution < 1.29 is 28.6 Å². The van der Waals surface area contributed by atoms with E-state index in [4.69, 9.17) is 14.2 Å². The normalized spacial score (nSPS) is 12.6. The van der Waals surface area contributed by atoms with Gasteiger partial charge in [0.25, 0.3) is 0 Å². The molecule has 0 aromatic rings. The Bertz CT molecular complexity index is 931. The molecule has 0 aromatic heterocycles. The van der Waals surface area contributed by atoms with Crippen LogP contribution in [0.1, 0.15) is 292 Å². The number of unbranched alkanes of at least 4 members (excludes halogenated alkanes) is 29. The average molecular weight is 849 g/mol. The Hall–Kier alpha value is -1.59. The highest BCUT2D eigenvalue weighted by molar-refractivity contribution is 5.71. The highest BCUT2D eigenvalue weighted by Gasteiger charge is 2.19. The van der Waals surface area contributed by atoms with E-state index in [9.17, 15) is 14.4 Å². The molecule has 0 saturated heterocycles. The fraction of sp³-hybridized carbons (Fsp3) is 0.944. The second-order valence-corrected chi connectivity index (χ2v) is 19.7. The van der Waals surface area contributed by atoms with Crippen molar-refractivity contribution in [2.24, 2.45) is 17.8 Å². The lowest BCUT2D eigenvalue weighted by Gasteiger charge is -2.18. The van der Waals surface area contributed by atoms with E-state index in [-0.39, 0.29) is 31.1 Å². The minimum atomic E-state index is -0.763. The molecule has 0 fully saturated rings. The molecule has 0 spiro atoms. The predicted octanol–water partition coefficient (Wildman–Crippen LogP) is 17.2. The summed E-state index contributed by atoms with van der Waals surface area (Å²) in [7, 11) is 0. The lowest BCUT2D eigenvalue weighted by atomic mass is 9.99. The monoisotopic (exact) mass is 849 g/mol. The molecule has 0 aliphatic carbocycles. The maximum absolute atomic E-state index is 12.8. The van der Waals surface area contributed by atoms with Gasteiger partial charge in [0.05, 0.1) is 0 Å². The topological polar surface area (TPSA) is 78.9 Å². The zero-order valence-corrected chi connectivity index (χ0v) is 41.3. The molecule has 1 unspecified atom stereocenters. The number of carbonyl (C=O) groups is 3. The second-order valence-electron chi connectivity index (χ2n) is 19.7. The van der Waals surface area contributed by atoms with Crippen molar-refractivity contribution in [3.63, 3.8) is 0 Å². The van der Waals surface area contributed by atoms with Crippen LogP contribution >= 0.6 is 0 Å². The molecule has 0 rings (SSSR count). The molecule has 0 saturated carbocycles. The molecule has 6 nitrogen and oxygen atoms in total. The van der Waals surface area contributed by atoms with Gasteiger partial charge in [-0.3, -0.25) is 14.4 Å². The quantitative estimate of drug-likeness (QED) is 0.0345. The van der Waals surface area contributed by atoms with Crippen LogP contribution in [0, 0.1) is 17.8 Å². The summed E-state index contributed by atoms with van der Waals surface area (Å²) in [5.74, 6) is 1.67. The summed E-state index contributed by atoms with van der Waals surface area (Å²) in [6, 6.07) is 0. The van der Waals surface area contributed by atoms with Gasteiger partial charge >= 0.3 is 17.9 Å². The summed E-state index contributed by atoms with van der Waals surface area (Å²) < 4.78 is 16.8. The van der Waals surface area contributed by atoms with E-state index in [1.165, 1.54) is 173 Å². The Morgan fingerprint density at radius 1 is 0.333 bits per heavy atom. The van der Waals surface area contributed by atoms with Crippen LogP contribution in [0.3, 0.4) is 0 Å². The van der Waals surface area contributed by atoms with Crippen molar-refractivity contribution >= 4 is 17.9 Å². The molecule has 0 radical (unpaired) electrons. The molecule has 2 atom stereocenters. The molecule has 0 heterocycles. The molecule has 60 heavy (non-hydrogen) atoms. The third-order valence-electron chi connectivity index (χ3n) is 12.5. The van der Waals surface area contributed by atoms with Crippen LogP contribution in [-0.2, 0) is 28.6 Å². The first-order chi connectivity index (χ1) is 29.1. The second kappa shape index (κ2) is 45.4. The van der Waals surface area contributed by atoms with Crippen LogP contribution in [0.2, 0.25) is 0 Å². The Labute approximate surface area is 374 Å². The number of rotatable bonds is 47. The van der Waals surface area contributed by atoms with Crippen LogP contribution in [0.4, 0.5) is 0 Å². The number of ether oxygens (including phenoxy) is 3. The zero-order valence-electron chi connectivity index (χ0n) is 41.3. The van der Waals surface area contributed by atoms with Crippen LogP contribution in [0.5, 0.6) is 0 Å². The Morgan fingerprint density at radius 3 is 0.867 bits per heavy atom. The summed E-state index contributed by atoms with van der Waals surface area (Å²) in [6.07, 6.45) is 45.1. The molecule has 0 aromatic carbocycles. The molecule has 0 amide bonds. The first kappa shape index (κ1) is 58.4. The summed E-state index contributed by atoms with van der Waals surface area (Å²) in [6.45, 7) is 13.7. The third kappa shape index (κ3) is 45.9. The van der Waals surface area contributed by atoms with Gasteiger partial charge in [0.1, 0.15) is 13.2 Å². The molecular weight excluding hydrogens is 745 g/mol. The molecule has 356 valence electrons. The summed E-state index contributed by atoms with van der Waals surface area (Å²) >= 11 is 0. The van der Waals surface area contributed by atoms with E-state index in [0.29, 0.717) is 19.3 Å². The van der Waals surface area contributed by atoms with Gasteiger partial charge in [0.2, 0.25) is 0 Å².